The van der Waals surface area contributed by atoms with Crippen LogP contribution in [0.25, 0.3) is 22.0 Å². The van der Waals surface area contributed by atoms with Crippen LogP contribution in [0.3, 0.4) is 0 Å². The molecule has 170 valence electrons. The molecule has 0 amide bonds. The fourth-order valence-corrected chi connectivity index (χ4v) is 4.10. The number of benzene rings is 3. The van der Waals surface area contributed by atoms with E-state index in [-0.39, 0.29) is 0 Å². The van der Waals surface area contributed by atoms with Crippen LogP contribution in [-0.2, 0) is 16.0 Å². The number of aromatic amines is 1. The maximum atomic E-state index is 12.2. The summed E-state index contributed by atoms with van der Waals surface area (Å²) in [7, 11) is 1.38. The monoisotopic (exact) mass is 451 g/mol. The van der Waals surface area contributed by atoms with Crippen LogP contribution in [0.15, 0.2) is 66.9 Å². The highest BCUT2D eigenvalue weighted by molar-refractivity contribution is 6.04. The molecular weight excluding hydrogens is 426 g/mol. The molecule has 0 radical (unpaired) electrons. The van der Waals surface area contributed by atoms with Crippen molar-refractivity contribution in [3.63, 3.8) is 0 Å². The second-order valence-corrected chi connectivity index (χ2v) is 8.26. The topological polar surface area (TPSA) is 67.4 Å². The maximum absolute atomic E-state index is 12.2. The average molecular weight is 452 g/mol. The van der Waals surface area contributed by atoms with E-state index in [0.717, 1.165) is 60.5 Å². The summed E-state index contributed by atoms with van der Waals surface area (Å²) < 4.78 is 10.3. The van der Waals surface area contributed by atoms with Gasteiger partial charge in [-0.1, -0.05) is 36.1 Å². The Kier molecular flexibility index (Phi) is 6.39. The number of H-pyrrole nitrogens is 1. The highest BCUT2D eigenvalue weighted by Crippen LogP contribution is 2.27. The van der Waals surface area contributed by atoms with Crippen LogP contribution < -0.4 is 0 Å². The minimum absolute atomic E-state index is 0.394. The molecule has 3 aromatic carbocycles. The molecule has 6 nitrogen and oxygen atoms in total. The molecule has 6 heteroatoms. The third-order valence-corrected chi connectivity index (χ3v) is 5.99. The van der Waals surface area contributed by atoms with E-state index in [2.05, 4.69) is 51.2 Å². The smallest absolute Gasteiger partial charge is 0.340 e. The largest absolute Gasteiger partial charge is 0.465 e. The van der Waals surface area contributed by atoms with Crippen LogP contribution in [0.1, 0.15) is 27.0 Å². The normalized spacial score (nSPS) is 13.9. The zero-order chi connectivity index (χ0) is 23.3. The van der Waals surface area contributed by atoms with Gasteiger partial charge in [-0.25, -0.2) is 4.79 Å². The number of rotatable bonds is 4. The Morgan fingerprint density at radius 1 is 1.00 bits per heavy atom. The molecule has 0 atom stereocenters. The van der Waals surface area contributed by atoms with Crippen LogP contribution in [0.5, 0.6) is 0 Å². The first-order valence-corrected chi connectivity index (χ1v) is 11.3. The first-order chi connectivity index (χ1) is 16.7. The number of fused-ring (bicyclic) bond motifs is 1. The standard InChI is InChI=1S/C28H25N3O3/c1-33-28(32)26-17-24(16-25-18-29-30-27(25)26)23-10-8-21(9-11-23)3-2-20-4-6-22(7-5-20)19-31-12-14-34-15-13-31/h4-11,16-18H,12-15,19H2,1H3,(H,29,30). The minimum Gasteiger partial charge on any atom is -0.465 e. The molecule has 0 spiro atoms. The molecule has 1 saturated heterocycles. The van der Waals surface area contributed by atoms with Crippen LogP contribution in [0.4, 0.5) is 0 Å². The molecule has 34 heavy (non-hydrogen) atoms. The Balaban J connectivity index is 1.30. The zero-order valence-electron chi connectivity index (χ0n) is 19.0. The number of nitrogens with zero attached hydrogens (tertiary/aromatic N) is 2. The summed E-state index contributed by atoms with van der Waals surface area (Å²) >= 11 is 0. The fraction of sp³-hybridized carbons (Fsp3) is 0.214. The Morgan fingerprint density at radius 2 is 1.68 bits per heavy atom. The lowest BCUT2D eigenvalue weighted by Gasteiger charge is -2.26. The average Bonchev–Trinajstić information content (AvgIpc) is 3.37. The molecule has 2 heterocycles. The number of ether oxygens (including phenoxy) is 2. The number of nitrogens with one attached hydrogen (secondary N) is 1. The van der Waals surface area contributed by atoms with E-state index in [4.69, 9.17) is 9.47 Å². The first-order valence-electron chi connectivity index (χ1n) is 11.3. The maximum Gasteiger partial charge on any atom is 0.340 e. The Bertz CT molecular complexity index is 1360. The SMILES string of the molecule is COC(=O)c1cc(-c2ccc(C#Cc3ccc(CN4CCOCC4)cc3)cc2)cc2cn[nH]c12. The van der Waals surface area contributed by atoms with Crippen LogP contribution in [0, 0.1) is 11.8 Å². The van der Waals surface area contributed by atoms with Gasteiger partial charge in [0.05, 0.1) is 37.6 Å². The number of esters is 1. The van der Waals surface area contributed by atoms with Crippen molar-refractivity contribution in [2.75, 3.05) is 33.4 Å². The summed E-state index contributed by atoms with van der Waals surface area (Å²) in [4.78, 5) is 14.6. The van der Waals surface area contributed by atoms with E-state index < -0.39 is 5.97 Å². The van der Waals surface area contributed by atoms with Gasteiger partial charge in [0.25, 0.3) is 0 Å². The molecule has 1 N–H and O–H groups in total. The van der Waals surface area contributed by atoms with Gasteiger partial charge in [-0.2, -0.15) is 5.10 Å². The second kappa shape index (κ2) is 9.92. The zero-order valence-corrected chi connectivity index (χ0v) is 19.0. The van der Waals surface area contributed by atoms with Crippen molar-refractivity contribution in [3.8, 4) is 23.0 Å². The van der Waals surface area contributed by atoms with Gasteiger partial charge in [-0.3, -0.25) is 10.00 Å². The van der Waals surface area contributed by atoms with Gasteiger partial charge in [0.2, 0.25) is 0 Å². The lowest BCUT2D eigenvalue weighted by molar-refractivity contribution is 0.0342. The second-order valence-electron chi connectivity index (χ2n) is 8.26. The molecule has 0 unspecified atom stereocenters. The van der Waals surface area contributed by atoms with Gasteiger partial charge in [-0.05, 0) is 53.1 Å². The van der Waals surface area contributed by atoms with Gasteiger partial charge in [-0.15, -0.1) is 0 Å². The van der Waals surface area contributed by atoms with Gasteiger partial charge in [0, 0.05) is 36.1 Å². The van der Waals surface area contributed by atoms with E-state index >= 15 is 0 Å². The van der Waals surface area contributed by atoms with E-state index in [1.165, 1.54) is 12.7 Å². The number of hydrogen-bond donors (Lipinski definition) is 1. The lowest BCUT2D eigenvalue weighted by atomic mass is 9.99. The number of hydrogen-bond acceptors (Lipinski definition) is 5. The highest BCUT2D eigenvalue weighted by atomic mass is 16.5. The summed E-state index contributed by atoms with van der Waals surface area (Å²) in [6, 6.07) is 20.3. The number of methoxy groups -OCH3 is 1. The van der Waals surface area contributed by atoms with Crippen LogP contribution >= 0.6 is 0 Å². The Hall–Kier alpha value is -3.92. The van der Waals surface area contributed by atoms with Gasteiger partial charge < -0.3 is 9.47 Å². The number of carbonyl (C=O) groups excluding carboxylic acids is 1. The van der Waals surface area contributed by atoms with Crippen molar-refractivity contribution >= 4 is 16.9 Å². The van der Waals surface area contributed by atoms with Crippen molar-refractivity contribution in [1.82, 2.24) is 15.1 Å². The third-order valence-electron chi connectivity index (χ3n) is 5.99. The highest BCUT2D eigenvalue weighted by Gasteiger charge is 2.14. The quantitative estimate of drug-likeness (QED) is 0.371. The summed E-state index contributed by atoms with van der Waals surface area (Å²) in [5.41, 5.74) is 6.26. The molecular formula is C28H25N3O3. The molecule has 0 bridgehead atoms. The minimum atomic E-state index is -0.394. The van der Waals surface area contributed by atoms with Crippen LogP contribution in [0.2, 0.25) is 0 Å². The van der Waals surface area contributed by atoms with E-state index in [0.29, 0.717) is 11.1 Å². The third kappa shape index (κ3) is 4.86. The molecule has 0 saturated carbocycles. The summed E-state index contributed by atoms with van der Waals surface area (Å²) in [5, 5.41) is 7.79. The summed E-state index contributed by atoms with van der Waals surface area (Å²) in [5.74, 6) is 6.09. The first kappa shape index (κ1) is 21.9. The molecule has 1 fully saturated rings. The number of aromatic nitrogens is 2. The predicted octanol–water partition coefficient (Wildman–Crippen LogP) is 4.25. The number of morpholine rings is 1. The molecule has 1 aliphatic rings. The predicted molar refractivity (Wildman–Crippen MR) is 131 cm³/mol. The molecule has 0 aliphatic carbocycles. The van der Waals surface area contributed by atoms with E-state index in [9.17, 15) is 4.79 Å². The van der Waals surface area contributed by atoms with Crippen molar-refractivity contribution in [2.24, 2.45) is 0 Å². The summed E-state index contributed by atoms with van der Waals surface area (Å²) in [6.07, 6.45) is 1.71. The van der Waals surface area contributed by atoms with Crippen molar-refractivity contribution in [3.05, 3.63) is 89.1 Å². The van der Waals surface area contributed by atoms with E-state index in [1.807, 2.05) is 36.4 Å². The lowest BCUT2D eigenvalue weighted by Crippen LogP contribution is -2.35. The molecule has 1 aliphatic heterocycles. The Labute approximate surface area is 198 Å². The van der Waals surface area contributed by atoms with Crippen LogP contribution in [-0.4, -0.2) is 54.5 Å². The van der Waals surface area contributed by atoms with Gasteiger partial charge in [0.15, 0.2) is 0 Å². The Morgan fingerprint density at radius 3 is 2.35 bits per heavy atom. The molecule has 1 aromatic heterocycles. The molecule has 4 aromatic rings. The van der Waals surface area contributed by atoms with Gasteiger partial charge in [0.1, 0.15) is 0 Å². The molecule has 5 rings (SSSR count). The van der Waals surface area contributed by atoms with E-state index in [1.54, 1.807) is 6.20 Å². The summed E-state index contributed by atoms with van der Waals surface area (Å²) in [6.45, 7) is 4.54. The van der Waals surface area contributed by atoms with Crippen molar-refractivity contribution in [1.29, 1.82) is 0 Å². The van der Waals surface area contributed by atoms with Gasteiger partial charge >= 0.3 is 5.97 Å². The van der Waals surface area contributed by atoms with Crippen molar-refractivity contribution < 1.29 is 14.3 Å². The van der Waals surface area contributed by atoms with Crippen molar-refractivity contribution in [2.45, 2.75) is 6.54 Å². The number of carbonyl (C=O) groups is 1. The fourth-order valence-electron chi connectivity index (χ4n) is 4.10.